The molecular formula is C12H16N4O3. The molecule has 7 nitrogen and oxygen atoms in total. The zero-order valence-electron chi connectivity index (χ0n) is 10.9. The minimum absolute atomic E-state index is 0.0694. The van der Waals surface area contributed by atoms with Crippen LogP contribution in [0.15, 0.2) is 12.3 Å². The highest BCUT2D eigenvalue weighted by Crippen LogP contribution is 2.18. The average molecular weight is 264 g/mol. The molecule has 1 amide bonds. The van der Waals surface area contributed by atoms with E-state index in [1.165, 1.54) is 12.3 Å². The molecule has 0 aliphatic carbocycles. The molecule has 1 aromatic heterocycles. The largest absolute Gasteiger partial charge is 0.333 e. The number of nitro groups is 1. The van der Waals surface area contributed by atoms with Gasteiger partial charge in [0.25, 0.3) is 11.6 Å². The molecule has 102 valence electrons. The predicted molar refractivity (Wildman–Crippen MR) is 69.0 cm³/mol. The van der Waals surface area contributed by atoms with Gasteiger partial charge in [0.1, 0.15) is 6.20 Å². The third-order valence-corrected chi connectivity index (χ3v) is 3.28. The molecule has 1 atom stereocenters. The summed E-state index contributed by atoms with van der Waals surface area (Å²) in [5.41, 5.74) is 0.668. The van der Waals surface area contributed by atoms with Gasteiger partial charge in [-0.05, 0) is 13.8 Å². The quantitative estimate of drug-likeness (QED) is 0.628. The summed E-state index contributed by atoms with van der Waals surface area (Å²) in [4.78, 5) is 28.3. The predicted octanol–water partition coefficient (Wildman–Crippen LogP) is 0.732. The Morgan fingerprint density at radius 3 is 3.00 bits per heavy atom. The number of nitrogens with one attached hydrogen (secondary N) is 1. The Balaban J connectivity index is 2.32. The van der Waals surface area contributed by atoms with E-state index in [2.05, 4.69) is 10.3 Å². The van der Waals surface area contributed by atoms with E-state index in [4.69, 9.17) is 0 Å². The Labute approximate surface area is 110 Å². The Kier molecular flexibility index (Phi) is 3.75. The summed E-state index contributed by atoms with van der Waals surface area (Å²) in [5, 5.41) is 14.0. The van der Waals surface area contributed by atoms with Crippen molar-refractivity contribution in [3.8, 4) is 0 Å². The van der Waals surface area contributed by atoms with Crippen LogP contribution in [0.3, 0.4) is 0 Å². The maximum absolute atomic E-state index is 12.4. The van der Waals surface area contributed by atoms with Gasteiger partial charge in [0.05, 0.1) is 16.2 Å². The average Bonchev–Trinajstić information content (AvgIpc) is 2.38. The molecule has 1 aromatic rings. The molecule has 7 heteroatoms. The lowest BCUT2D eigenvalue weighted by atomic mass is 10.1. The number of rotatable bonds is 2. The molecule has 0 aromatic carbocycles. The Hall–Kier alpha value is -2.02. The van der Waals surface area contributed by atoms with Crippen molar-refractivity contribution in [3.63, 3.8) is 0 Å². The second kappa shape index (κ2) is 5.31. The normalized spacial score (nSPS) is 19.3. The van der Waals surface area contributed by atoms with Crippen molar-refractivity contribution in [2.45, 2.75) is 19.9 Å². The van der Waals surface area contributed by atoms with Gasteiger partial charge in [0.2, 0.25) is 0 Å². The van der Waals surface area contributed by atoms with Gasteiger partial charge in [-0.3, -0.25) is 19.9 Å². The molecule has 1 unspecified atom stereocenters. The summed E-state index contributed by atoms with van der Waals surface area (Å²) < 4.78 is 0. The maximum atomic E-state index is 12.4. The highest BCUT2D eigenvalue weighted by Gasteiger charge is 2.26. The highest BCUT2D eigenvalue weighted by molar-refractivity contribution is 5.96. The number of hydrogen-bond donors (Lipinski definition) is 1. The topological polar surface area (TPSA) is 88.4 Å². The van der Waals surface area contributed by atoms with E-state index < -0.39 is 4.92 Å². The number of aromatic nitrogens is 1. The van der Waals surface area contributed by atoms with Crippen LogP contribution >= 0.6 is 0 Å². The minimum atomic E-state index is -0.537. The van der Waals surface area contributed by atoms with Crippen molar-refractivity contribution in [3.05, 3.63) is 33.6 Å². The van der Waals surface area contributed by atoms with E-state index in [9.17, 15) is 14.9 Å². The first-order valence-corrected chi connectivity index (χ1v) is 6.13. The van der Waals surface area contributed by atoms with Crippen molar-refractivity contribution in [2.24, 2.45) is 0 Å². The van der Waals surface area contributed by atoms with E-state index in [-0.39, 0.29) is 17.6 Å². The first-order chi connectivity index (χ1) is 9.00. The first-order valence-electron chi connectivity index (χ1n) is 6.13. The molecule has 0 spiro atoms. The SMILES string of the molecule is Cc1ncc([N+](=O)[O-])cc1C(=O)N1CCNCC1C. The maximum Gasteiger partial charge on any atom is 0.288 e. The van der Waals surface area contributed by atoms with Crippen LogP contribution in [-0.4, -0.2) is 46.4 Å². The lowest BCUT2D eigenvalue weighted by molar-refractivity contribution is -0.385. The van der Waals surface area contributed by atoms with Gasteiger partial charge >= 0.3 is 0 Å². The number of piperazine rings is 1. The molecule has 0 saturated carbocycles. The van der Waals surface area contributed by atoms with Crippen LogP contribution in [0.5, 0.6) is 0 Å². The second-order valence-electron chi connectivity index (χ2n) is 4.64. The van der Waals surface area contributed by atoms with Gasteiger partial charge in [-0.1, -0.05) is 0 Å². The molecule has 0 radical (unpaired) electrons. The number of carbonyl (C=O) groups is 1. The zero-order chi connectivity index (χ0) is 14.0. The Morgan fingerprint density at radius 1 is 1.63 bits per heavy atom. The fourth-order valence-electron chi connectivity index (χ4n) is 2.14. The molecule has 1 fully saturated rings. The van der Waals surface area contributed by atoms with Crippen molar-refractivity contribution in [1.29, 1.82) is 0 Å². The smallest absolute Gasteiger partial charge is 0.288 e. The van der Waals surface area contributed by atoms with Gasteiger partial charge in [-0.2, -0.15) is 0 Å². The van der Waals surface area contributed by atoms with Crippen LogP contribution in [0.25, 0.3) is 0 Å². The van der Waals surface area contributed by atoms with E-state index in [0.717, 1.165) is 13.1 Å². The number of hydrogen-bond acceptors (Lipinski definition) is 5. The number of amides is 1. The Morgan fingerprint density at radius 2 is 2.37 bits per heavy atom. The van der Waals surface area contributed by atoms with Crippen molar-refractivity contribution in [1.82, 2.24) is 15.2 Å². The van der Waals surface area contributed by atoms with Crippen LogP contribution in [0.1, 0.15) is 23.0 Å². The number of nitrogens with zero attached hydrogens (tertiary/aromatic N) is 3. The Bertz CT molecular complexity index is 518. The van der Waals surface area contributed by atoms with Crippen LogP contribution in [0.4, 0.5) is 5.69 Å². The summed E-state index contributed by atoms with van der Waals surface area (Å²) in [6.07, 6.45) is 1.17. The summed E-state index contributed by atoms with van der Waals surface area (Å²) in [7, 11) is 0. The van der Waals surface area contributed by atoms with E-state index in [1.54, 1.807) is 11.8 Å². The number of carbonyl (C=O) groups excluding carboxylic acids is 1. The molecule has 1 saturated heterocycles. The molecule has 2 heterocycles. The number of pyridine rings is 1. The fraction of sp³-hybridized carbons (Fsp3) is 0.500. The molecule has 19 heavy (non-hydrogen) atoms. The van der Waals surface area contributed by atoms with Gasteiger partial charge in [0.15, 0.2) is 0 Å². The third kappa shape index (κ3) is 2.70. The molecule has 1 N–H and O–H groups in total. The lowest BCUT2D eigenvalue weighted by Crippen LogP contribution is -2.52. The van der Waals surface area contributed by atoms with E-state index in [1.807, 2.05) is 6.92 Å². The standard InChI is InChI=1S/C12H16N4O3/c1-8-6-13-3-4-15(8)12(17)11-5-10(16(18)19)7-14-9(11)2/h5,7-8,13H,3-4,6H2,1-2H3. The number of aryl methyl sites for hydroxylation is 1. The molecule has 0 bridgehead atoms. The summed E-state index contributed by atoms with van der Waals surface area (Å²) in [6, 6.07) is 1.37. The molecule has 1 aliphatic rings. The van der Waals surface area contributed by atoms with E-state index in [0.29, 0.717) is 17.8 Å². The zero-order valence-corrected chi connectivity index (χ0v) is 10.9. The molecular weight excluding hydrogens is 248 g/mol. The fourth-order valence-corrected chi connectivity index (χ4v) is 2.14. The summed E-state index contributed by atoms with van der Waals surface area (Å²) >= 11 is 0. The van der Waals surface area contributed by atoms with Gasteiger partial charge in [-0.25, -0.2) is 0 Å². The van der Waals surface area contributed by atoms with Crippen LogP contribution in [0.2, 0.25) is 0 Å². The monoisotopic (exact) mass is 264 g/mol. The lowest BCUT2D eigenvalue weighted by Gasteiger charge is -2.34. The molecule has 2 rings (SSSR count). The van der Waals surface area contributed by atoms with Gasteiger partial charge < -0.3 is 10.2 Å². The third-order valence-electron chi connectivity index (χ3n) is 3.28. The highest BCUT2D eigenvalue weighted by atomic mass is 16.6. The second-order valence-corrected chi connectivity index (χ2v) is 4.64. The van der Waals surface area contributed by atoms with Crippen LogP contribution < -0.4 is 5.32 Å². The molecule has 1 aliphatic heterocycles. The first kappa shape index (κ1) is 13.4. The van der Waals surface area contributed by atoms with Gasteiger partial charge in [-0.15, -0.1) is 0 Å². The van der Waals surface area contributed by atoms with Crippen LogP contribution in [0, 0.1) is 17.0 Å². The van der Waals surface area contributed by atoms with Gasteiger partial charge in [0, 0.05) is 31.7 Å². The summed E-state index contributed by atoms with van der Waals surface area (Å²) in [6.45, 7) is 5.70. The summed E-state index contributed by atoms with van der Waals surface area (Å²) in [5.74, 6) is -0.192. The van der Waals surface area contributed by atoms with Crippen LogP contribution in [-0.2, 0) is 0 Å². The van der Waals surface area contributed by atoms with Crippen molar-refractivity contribution >= 4 is 11.6 Å². The van der Waals surface area contributed by atoms with E-state index >= 15 is 0 Å². The minimum Gasteiger partial charge on any atom is -0.333 e. The van der Waals surface area contributed by atoms with Crippen molar-refractivity contribution in [2.75, 3.05) is 19.6 Å². The van der Waals surface area contributed by atoms with Crippen molar-refractivity contribution < 1.29 is 9.72 Å².